The van der Waals surface area contributed by atoms with Crippen LogP contribution >= 0.6 is 0 Å². The number of aromatic nitrogens is 2. The van der Waals surface area contributed by atoms with Crippen LogP contribution in [0, 0.1) is 0 Å². The highest BCUT2D eigenvalue weighted by atomic mass is 16.5. The number of H-pyrrole nitrogens is 1. The predicted molar refractivity (Wildman–Crippen MR) is 130 cm³/mol. The van der Waals surface area contributed by atoms with Gasteiger partial charge in [0.1, 0.15) is 12.6 Å². The van der Waals surface area contributed by atoms with Gasteiger partial charge in [0.15, 0.2) is 0 Å². The molecular weight excluding hydrogens is 428 g/mol. The van der Waals surface area contributed by atoms with E-state index in [0.717, 1.165) is 46.0 Å². The highest BCUT2D eigenvalue weighted by Crippen LogP contribution is 2.30. The number of nitrogens with zero attached hydrogens (tertiary/aromatic N) is 2. The first-order chi connectivity index (χ1) is 16.6. The molecule has 1 aliphatic carbocycles. The maximum absolute atomic E-state index is 13.8. The predicted octanol–water partition coefficient (Wildman–Crippen LogP) is 4.41. The lowest BCUT2D eigenvalue weighted by molar-refractivity contribution is -0.135. The molecular formula is C27H28N4O3. The van der Waals surface area contributed by atoms with Crippen LogP contribution in [0.15, 0.2) is 72.5 Å². The fourth-order valence-corrected chi connectivity index (χ4v) is 4.73. The number of benzene rings is 2. The van der Waals surface area contributed by atoms with Crippen LogP contribution in [0.25, 0.3) is 10.9 Å². The SMILES string of the molecule is C[C@@H](C1=CCCC=C1)N1Cc2c(ccc3[nH]ncc23)C[C@@H](NC(=O)OCc2ccccc2)C1=O. The first kappa shape index (κ1) is 21.9. The van der Waals surface area contributed by atoms with Crippen LogP contribution in [0.2, 0.25) is 0 Å². The molecule has 2 N–H and O–H groups in total. The van der Waals surface area contributed by atoms with Gasteiger partial charge in [0, 0.05) is 18.4 Å². The van der Waals surface area contributed by atoms with Gasteiger partial charge in [0.2, 0.25) is 5.91 Å². The number of amides is 2. The molecule has 34 heavy (non-hydrogen) atoms. The molecule has 0 fully saturated rings. The summed E-state index contributed by atoms with van der Waals surface area (Å²) in [7, 11) is 0. The lowest BCUT2D eigenvalue weighted by atomic mass is 9.98. The van der Waals surface area contributed by atoms with Crippen LogP contribution < -0.4 is 5.32 Å². The molecule has 0 radical (unpaired) electrons. The average Bonchev–Trinajstić information content (AvgIpc) is 3.31. The van der Waals surface area contributed by atoms with Gasteiger partial charge in [-0.3, -0.25) is 9.89 Å². The second-order valence-corrected chi connectivity index (χ2v) is 8.82. The summed E-state index contributed by atoms with van der Waals surface area (Å²) in [4.78, 5) is 28.3. The Hall–Kier alpha value is -3.87. The lowest BCUT2D eigenvalue weighted by Crippen LogP contribution is -2.51. The van der Waals surface area contributed by atoms with Crippen molar-refractivity contribution in [1.82, 2.24) is 20.4 Å². The summed E-state index contributed by atoms with van der Waals surface area (Å²) in [5.74, 6) is -0.114. The van der Waals surface area contributed by atoms with Gasteiger partial charge in [-0.15, -0.1) is 0 Å². The Morgan fingerprint density at radius 1 is 1.24 bits per heavy atom. The molecule has 1 aliphatic heterocycles. The number of carbonyl (C=O) groups excluding carboxylic acids is 2. The lowest BCUT2D eigenvalue weighted by Gasteiger charge is -2.32. The summed E-state index contributed by atoms with van der Waals surface area (Å²) in [5.41, 5.74) is 5.04. The minimum absolute atomic E-state index is 0.114. The number of hydrogen-bond donors (Lipinski definition) is 2. The molecule has 2 aromatic carbocycles. The van der Waals surface area contributed by atoms with E-state index in [1.54, 1.807) is 0 Å². The van der Waals surface area contributed by atoms with E-state index in [1.807, 2.05) is 60.5 Å². The molecule has 2 atom stereocenters. The molecule has 174 valence electrons. The maximum atomic E-state index is 13.8. The third-order valence-electron chi connectivity index (χ3n) is 6.64. The minimum atomic E-state index is -0.718. The van der Waals surface area contributed by atoms with Crippen molar-refractivity contribution < 1.29 is 14.3 Å². The van der Waals surface area contributed by atoms with Crippen LogP contribution in [0.4, 0.5) is 4.79 Å². The topological polar surface area (TPSA) is 87.3 Å². The average molecular weight is 457 g/mol. The third kappa shape index (κ3) is 4.46. The van der Waals surface area contributed by atoms with Crippen LogP contribution in [-0.2, 0) is 29.1 Å². The summed E-state index contributed by atoms with van der Waals surface area (Å²) >= 11 is 0. The Labute approximate surface area is 198 Å². The number of rotatable bonds is 5. The fraction of sp³-hybridized carbons (Fsp3) is 0.296. The van der Waals surface area contributed by atoms with Gasteiger partial charge >= 0.3 is 6.09 Å². The highest BCUT2D eigenvalue weighted by Gasteiger charge is 2.35. The van der Waals surface area contributed by atoms with E-state index in [2.05, 4.69) is 33.7 Å². The Kier molecular flexibility index (Phi) is 6.16. The molecule has 0 spiro atoms. The van der Waals surface area contributed by atoms with E-state index < -0.39 is 12.1 Å². The Morgan fingerprint density at radius 3 is 2.88 bits per heavy atom. The van der Waals surface area contributed by atoms with E-state index in [9.17, 15) is 9.59 Å². The Bertz CT molecular complexity index is 1260. The molecule has 2 aliphatic rings. The van der Waals surface area contributed by atoms with E-state index in [4.69, 9.17) is 4.74 Å². The molecule has 0 saturated heterocycles. The van der Waals surface area contributed by atoms with Gasteiger partial charge in [-0.2, -0.15) is 5.10 Å². The normalized spacial score (nSPS) is 18.7. The largest absolute Gasteiger partial charge is 0.445 e. The fourth-order valence-electron chi connectivity index (χ4n) is 4.73. The van der Waals surface area contributed by atoms with Crippen LogP contribution in [0.1, 0.15) is 36.5 Å². The number of nitrogens with one attached hydrogen (secondary N) is 2. The van der Waals surface area contributed by atoms with Gasteiger partial charge in [0.05, 0.1) is 17.8 Å². The summed E-state index contributed by atoms with van der Waals surface area (Å²) < 4.78 is 5.42. The van der Waals surface area contributed by atoms with Gasteiger partial charge in [0.25, 0.3) is 0 Å². The van der Waals surface area contributed by atoms with Gasteiger partial charge in [-0.05, 0) is 48.1 Å². The number of fused-ring (bicyclic) bond motifs is 3. The number of carbonyl (C=O) groups is 2. The standard InChI is InChI=1S/C27H28N4O3/c1-18(20-10-6-3-7-11-20)31-16-23-21(12-13-24-22(23)15-28-30-24)14-25(26(31)32)29-27(33)34-17-19-8-4-2-5-9-19/h2,4-6,8-13,15,18,25H,3,7,14,16-17H2,1H3,(H,28,30)(H,29,33)/t18-,25+/m0/s1. The van der Waals surface area contributed by atoms with Crippen LogP contribution in [-0.4, -0.2) is 39.2 Å². The van der Waals surface area contributed by atoms with E-state index in [1.165, 1.54) is 0 Å². The van der Waals surface area contributed by atoms with Crippen molar-refractivity contribution in [3.63, 3.8) is 0 Å². The molecule has 2 heterocycles. The summed E-state index contributed by atoms with van der Waals surface area (Å²) in [6.45, 7) is 2.65. The van der Waals surface area contributed by atoms with Crippen molar-refractivity contribution in [3.8, 4) is 0 Å². The van der Waals surface area contributed by atoms with Crippen molar-refractivity contribution >= 4 is 22.9 Å². The van der Waals surface area contributed by atoms with Crippen molar-refractivity contribution in [3.05, 3.63) is 89.2 Å². The Balaban J connectivity index is 1.42. The number of allylic oxidation sites excluding steroid dienone is 2. The molecule has 0 unspecified atom stereocenters. The van der Waals surface area contributed by atoms with Crippen molar-refractivity contribution in [2.24, 2.45) is 0 Å². The number of aromatic amines is 1. The quantitative estimate of drug-likeness (QED) is 0.596. The zero-order valence-electron chi connectivity index (χ0n) is 19.2. The van der Waals surface area contributed by atoms with Crippen LogP contribution in [0.3, 0.4) is 0 Å². The molecule has 1 aromatic heterocycles. The summed E-state index contributed by atoms with van der Waals surface area (Å²) in [5, 5.41) is 11.1. The van der Waals surface area contributed by atoms with E-state index in [0.29, 0.717) is 13.0 Å². The van der Waals surface area contributed by atoms with Crippen molar-refractivity contribution in [2.75, 3.05) is 0 Å². The monoisotopic (exact) mass is 456 g/mol. The molecule has 0 saturated carbocycles. The van der Waals surface area contributed by atoms with Gasteiger partial charge in [-0.1, -0.05) is 54.6 Å². The first-order valence-corrected chi connectivity index (χ1v) is 11.7. The number of ether oxygens (including phenoxy) is 1. The highest BCUT2D eigenvalue weighted by molar-refractivity contribution is 5.90. The zero-order chi connectivity index (χ0) is 23.5. The summed E-state index contributed by atoms with van der Waals surface area (Å²) in [6.07, 6.45) is 10.0. The van der Waals surface area contributed by atoms with Crippen molar-refractivity contribution in [2.45, 2.75) is 51.4 Å². The molecule has 7 heteroatoms. The zero-order valence-corrected chi connectivity index (χ0v) is 19.2. The Morgan fingerprint density at radius 2 is 2.09 bits per heavy atom. The van der Waals surface area contributed by atoms with Crippen LogP contribution in [0.5, 0.6) is 0 Å². The van der Waals surface area contributed by atoms with Gasteiger partial charge < -0.3 is 15.0 Å². The molecule has 3 aromatic rings. The number of alkyl carbamates (subject to hydrolysis) is 1. The smallest absolute Gasteiger partial charge is 0.408 e. The molecule has 5 rings (SSSR count). The van der Waals surface area contributed by atoms with E-state index >= 15 is 0 Å². The van der Waals surface area contributed by atoms with E-state index in [-0.39, 0.29) is 18.6 Å². The minimum Gasteiger partial charge on any atom is -0.445 e. The second-order valence-electron chi connectivity index (χ2n) is 8.82. The second kappa shape index (κ2) is 9.55. The van der Waals surface area contributed by atoms with Crippen molar-refractivity contribution in [1.29, 1.82) is 0 Å². The maximum Gasteiger partial charge on any atom is 0.408 e. The molecule has 0 bridgehead atoms. The first-order valence-electron chi connectivity index (χ1n) is 11.7. The van der Waals surface area contributed by atoms with Gasteiger partial charge in [-0.25, -0.2) is 4.79 Å². The number of hydrogen-bond acceptors (Lipinski definition) is 4. The molecule has 7 nitrogen and oxygen atoms in total. The third-order valence-corrected chi connectivity index (χ3v) is 6.64. The molecule has 2 amide bonds. The summed E-state index contributed by atoms with van der Waals surface area (Å²) in [6, 6.07) is 12.6.